The van der Waals surface area contributed by atoms with Gasteiger partial charge in [0.2, 0.25) is 0 Å². The Hall–Kier alpha value is -1.30. The summed E-state index contributed by atoms with van der Waals surface area (Å²) < 4.78 is 5.55. The van der Waals surface area contributed by atoms with Crippen molar-refractivity contribution < 1.29 is 9.84 Å². The molecule has 0 aliphatic heterocycles. The first-order valence-electron chi connectivity index (χ1n) is 5.43. The van der Waals surface area contributed by atoms with Crippen molar-refractivity contribution in [1.29, 1.82) is 0 Å². The first-order chi connectivity index (χ1) is 7.46. The molecule has 0 aromatic heterocycles. The molecule has 0 saturated heterocycles. The van der Waals surface area contributed by atoms with E-state index in [0.717, 1.165) is 17.5 Å². The highest BCUT2D eigenvalue weighted by molar-refractivity contribution is 5.34. The Labute approximate surface area is 97.3 Å². The number of aliphatic hydroxyl groups is 1. The number of hydrogen-bond donors (Lipinski definition) is 1. The minimum absolute atomic E-state index is 0.105. The topological polar surface area (TPSA) is 29.5 Å². The zero-order chi connectivity index (χ0) is 12.2. The molecule has 2 nitrogen and oxygen atoms in total. The summed E-state index contributed by atoms with van der Waals surface area (Å²) in [6.07, 6.45) is 5.99. The maximum Gasteiger partial charge on any atom is 0.160 e. The highest BCUT2D eigenvalue weighted by atomic mass is 16.6. The minimum Gasteiger partial charge on any atom is -0.366 e. The maximum absolute atomic E-state index is 9.63. The molecule has 0 radical (unpaired) electrons. The van der Waals surface area contributed by atoms with Gasteiger partial charge in [0.05, 0.1) is 6.10 Å². The third kappa shape index (κ3) is 3.69. The summed E-state index contributed by atoms with van der Waals surface area (Å²) in [7, 11) is 0. The molecule has 16 heavy (non-hydrogen) atoms. The monoisotopic (exact) mass is 218 g/mol. The molecule has 1 N–H and O–H groups in total. The zero-order valence-electron chi connectivity index (χ0n) is 10.0. The standard InChI is InChI=1S/C14H18O2/c1-5-11-7-9-12(10-8-11)13(6-2)16-14(3,4)15/h1,7-10,13,15H,6H2,2-4H3/t13-/m1/s1. The summed E-state index contributed by atoms with van der Waals surface area (Å²) in [5.41, 5.74) is 1.88. The fourth-order valence-electron chi connectivity index (χ4n) is 1.53. The second kappa shape index (κ2) is 5.16. The van der Waals surface area contributed by atoms with Gasteiger partial charge in [0.1, 0.15) is 0 Å². The Morgan fingerprint density at radius 1 is 1.38 bits per heavy atom. The van der Waals surface area contributed by atoms with E-state index in [1.54, 1.807) is 13.8 Å². The van der Waals surface area contributed by atoms with Gasteiger partial charge in [-0.1, -0.05) is 25.0 Å². The average molecular weight is 218 g/mol. The van der Waals surface area contributed by atoms with Gasteiger partial charge in [-0.15, -0.1) is 6.42 Å². The predicted octanol–water partition coefficient (Wildman–Crippen LogP) is 2.86. The summed E-state index contributed by atoms with van der Waals surface area (Å²) in [6, 6.07) is 7.64. The second-order valence-electron chi connectivity index (χ2n) is 4.23. The van der Waals surface area contributed by atoms with Crippen molar-refractivity contribution in [2.75, 3.05) is 0 Å². The van der Waals surface area contributed by atoms with Gasteiger partial charge in [0.15, 0.2) is 5.79 Å². The molecule has 1 atom stereocenters. The van der Waals surface area contributed by atoms with Crippen LogP contribution in [0.25, 0.3) is 0 Å². The third-order valence-electron chi connectivity index (χ3n) is 2.25. The smallest absolute Gasteiger partial charge is 0.160 e. The fraction of sp³-hybridized carbons (Fsp3) is 0.429. The van der Waals surface area contributed by atoms with Crippen LogP contribution in [0.4, 0.5) is 0 Å². The molecule has 1 rings (SSSR count). The fourth-order valence-corrected chi connectivity index (χ4v) is 1.53. The van der Waals surface area contributed by atoms with E-state index in [2.05, 4.69) is 5.92 Å². The summed E-state index contributed by atoms with van der Waals surface area (Å²) in [5, 5.41) is 9.63. The van der Waals surface area contributed by atoms with Crippen molar-refractivity contribution in [1.82, 2.24) is 0 Å². The van der Waals surface area contributed by atoms with Gasteiger partial charge in [-0.25, -0.2) is 0 Å². The van der Waals surface area contributed by atoms with Crippen molar-refractivity contribution in [2.45, 2.75) is 39.1 Å². The van der Waals surface area contributed by atoms with E-state index in [9.17, 15) is 5.11 Å². The lowest BCUT2D eigenvalue weighted by atomic mass is 10.0. The van der Waals surface area contributed by atoms with Crippen LogP contribution in [0, 0.1) is 12.3 Å². The average Bonchev–Trinajstić information content (AvgIpc) is 2.25. The molecule has 1 aromatic carbocycles. The van der Waals surface area contributed by atoms with Crippen molar-refractivity contribution in [3.05, 3.63) is 35.4 Å². The highest BCUT2D eigenvalue weighted by Gasteiger charge is 2.20. The Morgan fingerprint density at radius 2 is 1.94 bits per heavy atom. The summed E-state index contributed by atoms with van der Waals surface area (Å²) in [4.78, 5) is 0. The molecular weight excluding hydrogens is 200 g/mol. The lowest BCUT2D eigenvalue weighted by molar-refractivity contribution is -0.208. The number of hydrogen-bond acceptors (Lipinski definition) is 2. The summed E-state index contributed by atoms with van der Waals surface area (Å²) >= 11 is 0. The molecule has 0 unspecified atom stereocenters. The minimum atomic E-state index is -1.12. The highest BCUT2D eigenvalue weighted by Crippen LogP contribution is 2.25. The molecule has 0 amide bonds. The van der Waals surface area contributed by atoms with E-state index >= 15 is 0 Å². The Bertz CT molecular complexity index is 365. The Morgan fingerprint density at radius 3 is 2.31 bits per heavy atom. The van der Waals surface area contributed by atoms with Gasteiger partial charge >= 0.3 is 0 Å². The van der Waals surface area contributed by atoms with Crippen molar-refractivity contribution >= 4 is 0 Å². The second-order valence-corrected chi connectivity index (χ2v) is 4.23. The number of benzene rings is 1. The molecule has 0 bridgehead atoms. The largest absolute Gasteiger partial charge is 0.366 e. The normalized spacial score (nSPS) is 13.2. The van der Waals surface area contributed by atoms with Crippen molar-refractivity contribution in [3.8, 4) is 12.3 Å². The van der Waals surface area contributed by atoms with Crippen LogP contribution in [0.5, 0.6) is 0 Å². The number of ether oxygens (including phenoxy) is 1. The van der Waals surface area contributed by atoms with Crippen LogP contribution in [-0.4, -0.2) is 10.9 Å². The lowest BCUT2D eigenvalue weighted by Gasteiger charge is -2.25. The molecule has 0 aliphatic carbocycles. The molecule has 0 saturated carbocycles. The van der Waals surface area contributed by atoms with Crippen LogP contribution in [0.3, 0.4) is 0 Å². The van der Waals surface area contributed by atoms with Gasteiger partial charge in [0, 0.05) is 5.56 Å². The number of terminal acetylenes is 1. The zero-order valence-corrected chi connectivity index (χ0v) is 10.0. The van der Waals surface area contributed by atoms with Crippen LogP contribution in [0.15, 0.2) is 24.3 Å². The first-order valence-corrected chi connectivity index (χ1v) is 5.43. The van der Waals surface area contributed by atoms with Gasteiger partial charge < -0.3 is 9.84 Å². The van der Waals surface area contributed by atoms with Crippen molar-refractivity contribution in [2.24, 2.45) is 0 Å². The Kier molecular flexibility index (Phi) is 4.12. The summed E-state index contributed by atoms with van der Waals surface area (Å²) in [6.45, 7) is 5.28. The van der Waals surface area contributed by atoms with E-state index in [4.69, 9.17) is 11.2 Å². The lowest BCUT2D eigenvalue weighted by Crippen LogP contribution is -2.25. The SMILES string of the molecule is C#Cc1ccc([C@@H](CC)OC(C)(C)O)cc1. The van der Waals surface area contributed by atoms with E-state index in [0.29, 0.717) is 0 Å². The van der Waals surface area contributed by atoms with Gasteiger partial charge in [0.25, 0.3) is 0 Å². The molecular formula is C14H18O2. The van der Waals surface area contributed by atoms with Gasteiger partial charge in [-0.3, -0.25) is 0 Å². The third-order valence-corrected chi connectivity index (χ3v) is 2.25. The maximum atomic E-state index is 9.63. The summed E-state index contributed by atoms with van der Waals surface area (Å²) in [5.74, 6) is 1.45. The predicted molar refractivity (Wildman–Crippen MR) is 64.8 cm³/mol. The van der Waals surface area contributed by atoms with E-state index in [1.807, 2.05) is 31.2 Å². The molecule has 0 aliphatic rings. The Balaban J connectivity index is 2.84. The van der Waals surface area contributed by atoms with Crippen molar-refractivity contribution in [3.63, 3.8) is 0 Å². The first kappa shape index (κ1) is 12.8. The molecule has 0 spiro atoms. The number of rotatable bonds is 4. The molecule has 2 heteroatoms. The van der Waals surface area contributed by atoms with Crippen LogP contribution in [0.1, 0.15) is 44.4 Å². The van der Waals surface area contributed by atoms with Gasteiger partial charge in [-0.2, -0.15) is 0 Å². The van der Waals surface area contributed by atoms with Gasteiger partial charge in [-0.05, 0) is 38.0 Å². The van der Waals surface area contributed by atoms with E-state index in [1.165, 1.54) is 0 Å². The van der Waals surface area contributed by atoms with Crippen LogP contribution < -0.4 is 0 Å². The quantitative estimate of drug-likeness (QED) is 0.622. The molecule has 1 aromatic rings. The van der Waals surface area contributed by atoms with E-state index < -0.39 is 5.79 Å². The molecule has 0 heterocycles. The van der Waals surface area contributed by atoms with Crippen LogP contribution >= 0.6 is 0 Å². The van der Waals surface area contributed by atoms with E-state index in [-0.39, 0.29) is 6.10 Å². The van der Waals surface area contributed by atoms with Crippen LogP contribution in [0.2, 0.25) is 0 Å². The van der Waals surface area contributed by atoms with Crippen LogP contribution in [-0.2, 0) is 4.74 Å². The molecule has 0 fully saturated rings. The molecule has 86 valence electrons.